The van der Waals surface area contributed by atoms with Crippen LogP contribution in [-0.2, 0) is 14.9 Å². The molecule has 176 valence electrons. The maximum absolute atomic E-state index is 11.0. The Kier molecular flexibility index (Phi) is 9.92. The van der Waals surface area contributed by atoms with Gasteiger partial charge in [-0.25, -0.2) is 0 Å². The van der Waals surface area contributed by atoms with Crippen LogP contribution in [-0.4, -0.2) is 54.1 Å². The lowest BCUT2D eigenvalue weighted by Crippen LogP contribution is -2.27. The predicted octanol–water partition coefficient (Wildman–Crippen LogP) is 4.60. The van der Waals surface area contributed by atoms with E-state index < -0.39 is 23.6 Å². The molecule has 0 heterocycles. The highest BCUT2D eigenvalue weighted by Gasteiger charge is 2.26. The van der Waals surface area contributed by atoms with Crippen LogP contribution in [0.25, 0.3) is 0 Å². The maximum Gasteiger partial charge on any atom is 0.303 e. The van der Waals surface area contributed by atoms with E-state index in [0.29, 0.717) is 21.5 Å². The van der Waals surface area contributed by atoms with Crippen LogP contribution in [0, 0.1) is 0 Å². The Morgan fingerprint density at radius 2 is 1.62 bits per heavy atom. The highest BCUT2D eigenvalue weighted by Crippen LogP contribution is 2.40. The molecule has 0 aliphatic rings. The van der Waals surface area contributed by atoms with Crippen LogP contribution in [0.2, 0.25) is 10.0 Å². The van der Waals surface area contributed by atoms with Gasteiger partial charge in [-0.2, -0.15) is 0 Å². The molecule has 0 fully saturated rings. The summed E-state index contributed by atoms with van der Waals surface area (Å²) >= 11 is 18.4. The molecule has 2 aromatic carbocycles. The summed E-state index contributed by atoms with van der Waals surface area (Å²) in [7, 11) is 0. The first kappa shape index (κ1) is 26.6. The topological polar surface area (TPSA) is 85.2 Å². The highest BCUT2D eigenvalue weighted by molar-refractivity contribution is 6.37. The Hall–Kier alpha value is -1.70. The van der Waals surface area contributed by atoms with Crippen LogP contribution >= 0.6 is 34.8 Å². The molecule has 6 nitrogen and oxygen atoms in total. The second-order valence-corrected chi connectivity index (χ2v) is 8.89. The number of aliphatic hydroxyl groups excluding tert-OH is 2. The summed E-state index contributed by atoms with van der Waals surface area (Å²) in [5, 5.41) is 19.5. The van der Waals surface area contributed by atoms with E-state index in [1.807, 2.05) is 26.0 Å². The van der Waals surface area contributed by atoms with Gasteiger partial charge in [-0.15, -0.1) is 11.6 Å². The average Bonchev–Trinajstić information content (AvgIpc) is 2.75. The van der Waals surface area contributed by atoms with Crippen LogP contribution < -0.4 is 9.47 Å². The molecule has 0 saturated carbocycles. The van der Waals surface area contributed by atoms with E-state index in [0.717, 1.165) is 11.1 Å². The molecule has 0 bridgehead atoms. The minimum Gasteiger partial charge on any atom is -0.490 e. The summed E-state index contributed by atoms with van der Waals surface area (Å²) in [4.78, 5) is 11.0. The lowest BCUT2D eigenvalue weighted by atomic mass is 9.78. The molecule has 0 aliphatic heterocycles. The van der Waals surface area contributed by atoms with Gasteiger partial charge in [0.15, 0.2) is 11.9 Å². The number of benzene rings is 2. The fourth-order valence-corrected chi connectivity index (χ4v) is 3.65. The van der Waals surface area contributed by atoms with Gasteiger partial charge in [0, 0.05) is 12.3 Å². The van der Waals surface area contributed by atoms with E-state index in [1.165, 1.54) is 6.92 Å². The van der Waals surface area contributed by atoms with Crippen LogP contribution in [0.1, 0.15) is 31.9 Å². The first-order valence-electron chi connectivity index (χ1n) is 9.96. The number of alkyl halides is 1. The van der Waals surface area contributed by atoms with Crippen molar-refractivity contribution in [2.24, 2.45) is 0 Å². The SMILES string of the molecule is CC(=O)O[C@H](CO)COc1ccc(C(C)(C)c2cc(Cl)c(OC[C@H](O)CCl)c(Cl)c2)cc1. The van der Waals surface area contributed by atoms with Crippen molar-refractivity contribution in [3.63, 3.8) is 0 Å². The van der Waals surface area contributed by atoms with Gasteiger partial charge in [-0.05, 0) is 35.4 Å². The highest BCUT2D eigenvalue weighted by atomic mass is 35.5. The average molecular weight is 506 g/mol. The Labute approximate surface area is 203 Å². The van der Waals surface area contributed by atoms with Gasteiger partial charge in [-0.1, -0.05) is 49.2 Å². The summed E-state index contributed by atoms with van der Waals surface area (Å²) in [6, 6.07) is 11.0. The van der Waals surface area contributed by atoms with Crippen molar-refractivity contribution in [3.05, 3.63) is 57.6 Å². The van der Waals surface area contributed by atoms with Gasteiger partial charge in [0.25, 0.3) is 0 Å². The minimum absolute atomic E-state index is 0.0122. The van der Waals surface area contributed by atoms with Crippen LogP contribution in [0.15, 0.2) is 36.4 Å². The number of esters is 1. The fourth-order valence-electron chi connectivity index (χ4n) is 2.97. The van der Waals surface area contributed by atoms with Crippen molar-refractivity contribution in [1.82, 2.24) is 0 Å². The number of hydrogen-bond acceptors (Lipinski definition) is 6. The molecule has 2 rings (SSSR count). The summed E-state index contributed by atoms with van der Waals surface area (Å²) in [5.74, 6) is 0.443. The van der Waals surface area contributed by atoms with Crippen molar-refractivity contribution < 1.29 is 29.2 Å². The fraction of sp³-hybridized carbons (Fsp3) is 0.435. The van der Waals surface area contributed by atoms with Crippen molar-refractivity contribution in [3.8, 4) is 11.5 Å². The summed E-state index contributed by atoms with van der Waals surface area (Å²) in [5.41, 5.74) is 1.43. The molecule has 0 aliphatic carbocycles. The standard InChI is InChI=1S/C23H27Cl3O6/c1-14(28)32-19(11-27)13-30-18-6-4-15(5-7-18)23(2,3)16-8-20(25)22(21(26)9-16)31-12-17(29)10-24/h4-9,17,19,27,29H,10-13H2,1-3H3/t17-,19-/m1/s1. The first-order valence-corrected chi connectivity index (χ1v) is 11.2. The summed E-state index contributed by atoms with van der Waals surface area (Å²) in [6.45, 7) is 5.05. The monoisotopic (exact) mass is 504 g/mol. The third-order valence-corrected chi connectivity index (χ3v) is 5.78. The Balaban J connectivity index is 2.14. The van der Waals surface area contributed by atoms with Crippen molar-refractivity contribution in [1.29, 1.82) is 0 Å². The van der Waals surface area contributed by atoms with Crippen LogP contribution in [0.4, 0.5) is 0 Å². The number of carbonyl (C=O) groups is 1. The normalized spacial score (nSPS) is 13.4. The molecule has 2 aromatic rings. The van der Waals surface area contributed by atoms with E-state index in [4.69, 9.17) is 49.0 Å². The van der Waals surface area contributed by atoms with Crippen LogP contribution in [0.5, 0.6) is 11.5 Å². The van der Waals surface area contributed by atoms with Crippen molar-refractivity contribution in [2.45, 2.75) is 38.4 Å². The molecule has 0 saturated heterocycles. The molecule has 0 spiro atoms. The van der Waals surface area contributed by atoms with E-state index >= 15 is 0 Å². The van der Waals surface area contributed by atoms with E-state index in [1.54, 1.807) is 24.3 Å². The maximum atomic E-state index is 11.0. The predicted molar refractivity (Wildman–Crippen MR) is 125 cm³/mol. The molecule has 2 atom stereocenters. The van der Waals surface area contributed by atoms with Gasteiger partial charge >= 0.3 is 5.97 Å². The third-order valence-electron chi connectivity index (χ3n) is 4.87. The molecular formula is C23H27Cl3O6. The van der Waals surface area contributed by atoms with E-state index in [9.17, 15) is 15.0 Å². The largest absolute Gasteiger partial charge is 0.490 e. The van der Waals surface area contributed by atoms with Gasteiger partial charge in [0.1, 0.15) is 25.1 Å². The van der Waals surface area contributed by atoms with Gasteiger partial charge < -0.3 is 24.4 Å². The Morgan fingerprint density at radius 1 is 1.03 bits per heavy atom. The molecule has 9 heteroatoms. The van der Waals surface area contributed by atoms with Crippen molar-refractivity contribution in [2.75, 3.05) is 25.7 Å². The number of aliphatic hydroxyl groups is 2. The minimum atomic E-state index is -0.817. The smallest absolute Gasteiger partial charge is 0.303 e. The zero-order valence-electron chi connectivity index (χ0n) is 18.1. The molecule has 2 N–H and O–H groups in total. The number of carbonyl (C=O) groups excluding carboxylic acids is 1. The first-order chi connectivity index (χ1) is 15.1. The number of ether oxygens (including phenoxy) is 3. The number of hydrogen-bond donors (Lipinski definition) is 2. The Morgan fingerprint density at radius 3 is 2.12 bits per heavy atom. The molecule has 0 aromatic heterocycles. The second-order valence-electron chi connectivity index (χ2n) is 7.76. The molecule has 0 amide bonds. The Bertz CT molecular complexity index is 878. The molecular weight excluding hydrogens is 479 g/mol. The van der Waals surface area contributed by atoms with E-state index in [2.05, 4.69) is 0 Å². The quantitative estimate of drug-likeness (QED) is 0.343. The van der Waals surface area contributed by atoms with Crippen molar-refractivity contribution >= 4 is 40.8 Å². The lowest BCUT2D eigenvalue weighted by Gasteiger charge is -2.27. The number of halogens is 3. The zero-order chi connectivity index (χ0) is 23.9. The molecule has 32 heavy (non-hydrogen) atoms. The third kappa shape index (κ3) is 7.15. The molecule has 0 radical (unpaired) electrons. The van der Waals surface area contributed by atoms with E-state index in [-0.39, 0.29) is 25.7 Å². The van der Waals surface area contributed by atoms with Gasteiger partial charge in [-0.3, -0.25) is 4.79 Å². The van der Waals surface area contributed by atoms with Crippen LogP contribution in [0.3, 0.4) is 0 Å². The summed E-state index contributed by atoms with van der Waals surface area (Å²) in [6.07, 6.45) is -1.54. The van der Waals surface area contributed by atoms with Gasteiger partial charge in [0.05, 0.1) is 22.5 Å². The lowest BCUT2D eigenvalue weighted by molar-refractivity contribution is -0.150. The number of rotatable bonds is 11. The molecule has 0 unspecified atom stereocenters. The second kappa shape index (κ2) is 12.0. The zero-order valence-corrected chi connectivity index (χ0v) is 20.4. The van der Waals surface area contributed by atoms with Gasteiger partial charge in [0.2, 0.25) is 0 Å². The summed E-state index contributed by atoms with van der Waals surface area (Å²) < 4.78 is 16.1.